The topological polar surface area (TPSA) is 52.6 Å². The third-order valence-corrected chi connectivity index (χ3v) is 4.73. The molecular weight excluding hydrogens is 308 g/mol. The number of carbonyl (C=O) groups excluding carboxylic acids is 1. The van der Waals surface area contributed by atoms with Crippen molar-refractivity contribution < 1.29 is 31.6 Å². The lowest BCUT2D eigenvalue weighted by atomic mass is 10.1. The van der Waals surface area contributed by atoms with Crippen molar-refractivity contribution in [3.05, 3.63) is 35.4 Å². The zero-order valence-corrected chi connectivity index (χ0v) is 12.5. The summed E-state index contributed by atoms with van der Waals surface area (Å²) in [7, 11) is -1.08. The van der Waals surface area contributed by atoms with Gasteiger partial charge in [0, 0.05) is 20.6 Å². The van der Waals surface area contributed by atoms with E-state index in [1.165, 1.54) is 26.4 Å². The molecule has 1 aromatic carbocycles. The second kappa shape index (κ2) is 7.20. The molecule has 0 bridgehead atoms. The summed E-state index contributed by atoms with van der Waals surface area (Å²) in [6.45, 7) is 0. The highest BCUT2D eigenvalue weighted by atomic mass is 31.2. The van der Waals surface area contributed by atoms with Gasteiger partial charge < -0.3 is 9.05 Å². The second-order valence-corrected chi connectivity index (χ2v) is 6.64. The third-order valence-electron chi connectivity index (χ3n) is 2.87. The SMILES string of the molecule is COP(=O)(CC(=O)CCc1cccc(C(F)(F)F)c1)OC. The molecule has 4 nitrogen and oxygen atoms in total. The zero-order chi connectivity index (χ0) is 16.1. The molecule has 0 N–H and O–H groups in total. The molecule has 0 saturated carbocycles. The minimum atomic E-state index is -4.41. The van der Waals surface area contributed by atoms with E-state index < -0.39 is 19.3 Å². The van der Waals surface area contributed by atoms with Gasteiger partial charge in [0.15, 0.2) is 0 Å². The van der Waals surface area contributed by atoms with Crippen LogP contribution in [0.25, 0.3) is 0 Å². The van der Waals surface area contributed by atoms with Gasteiger partial charge in [0.2, 0.25) is 0 Å². The lowest BCUT2D eigenvalue weighted by molar-refractivity contribution is -0.137. The van der Waals surface area contributed by atoms with Gasteiger partial charge in [-0.15, -0.1) is 0 Å². The Labute approximate surface area is 120 Å². The first-order valence-corrected chi connectivity index (χ1v) is 7.81. The fourth-order valence-corrected chi connectivity index (χ4v) is 2.68. The molecule has 0 amide bonds. The maximum atomic E-state index is 12.5. The normalized spacial score (nSPS) is 12.4. The summed E-state index contributed by atoms with van der Waals surface area (Å²) in [5.74, 6) is -0.389. The number of aryl methyl sites for hydroxylation is 1. The third kappa shape index (κ3) is 5.61. The largest absolute Gasteiger partial charge is 0.416 e. The van der Waals surface area contributed by atoms with Crippen LogP contribution in [-0.4, -0.2) is 26.2 Å². The van der Waals surface area contributed by atoms with Crippen molar-refractivity contribution in [1.29, 1.82) is 0 Å². The number of hydrogen-bond donors (Lipinski definition) is 0. The van der Waals surface area contributed by atoms with Gasteiger partial charge in [0.1, 0.15) is 11.9 Å². The molecule has 8 heteroatoms. The van der Waals surface area contributed by atoms with Crippen LogP contribution < -0.4 is 0 Å². The first-order chi connectivity index (χ1) is 9.70. The number of rotatable bonds is 7. The van der Waals surface area contributed by atoms with Crippen LogP contribution in [0.5, 0.6) is 0 Å². The van der Waals surface area contributed by atoms with E-state index in [0.717, 1.165) is 12.1 Å². The standard InChI is InChI=1S/C13H16F3O4P/c1-19-21(18,20-2)9-12(17)7-6-10-4-3-5-11(8-10)13(14,15)16/h3-5,8H,6-7,9H2,1-2H3. The lowest BCUT2D eigenvalue weighted by Crippen LogP contribution is -2.09. The minimum absolute atomic E-state index is 0.0297. The molecule has 0 aliphatic carbocycles. The number of benzene rings is 1. The fourth-order valence-electron chi connectivity index (χ4n) is 1.69. The first-order valence-electron chi connectivity index (χ1n) is 6.08. The van der Waals surface area contributed by atoms with Gasteiger partial charge in [-0.3, -0.25) is 9.36 Å². The fraction of sp³-hybridized carbons (Fsp3) is 0.462. The van der Waals surface area contributed by atoms with Gasteiger partial charge in [-0.25, -0.2) is 0 Å². The minimum Gasteiger partial charge on any atom is -0.312 e. The van der Waals surface area contributed by atoms with Crippen LogP contribution in [0.2, 0.25) is 0 Å². The first kappa shape index (κ1) is 17.9. The van der Waals surface area contributed by atoms with Gasteiger partial charge in [-0.05, 0) is 18.1 Å². The van der Waals surface area contributed by atoms with Crippen LogP contribution in [0.3, 0.4) is 0 Å². The van der Waals surface area contributed by atoms with Crippen molar-refractivity contribution in [3.8, 4) is 0 Å². The van der Waals surface area contributed by atoms with Gasteiger partial charge >= 0.3 is 13.8 Å². The molecule has 0 saturated heterocycles. The van der Waals surface area contributed by atoms with Gasteiger partial charge in [-0.1, -0.05) is 18.2 Å². The summed E-state index contributed by atoms with van der Waals surface area (Å²) in [5, 5.41) is 0. The van der Waals surface area contributed by atoms with Gasteiger partial charge in [0.25, 0.3) is 0 Å². The molecule has 1 aromatic rings. The smallest absolute Gasteiger partial charge is 0.312 e. The van der Waals surface area contributed by atoms with Crippen LogP contribution in [0, 0.1) is 0 Å². The molecule has 0 spiro atoms. The quantitative estimate of drug-likeness (QED) is 0.718. The number of halogens is 3. The van der Waals surface area contributed by atoms with E-state index in [1.807, 2.05) is 0 Å². The molecular formula is C13H16F3O4P. The van der Waals surface area contributed by atoms with E-state index in [0.29, 0.717) is 5.56 Å². The van der Waals surface area contributed by atoms with Crippen LogP contribution in [-0.2, 0) is 31.0 Å². The Morgan fingerprint density at radius 2 is 1.86 bits per heavy atom. The molecule has 1 rings (SSSR count). The second-order valence-electron chi connectivity index (χ2n) is 4.37. The van der Waals surface area contributed by atoms with Crippen LogP contribution >= 0.6 is 7.60 Å². The Bertz CT molecular complexity index is 534. The van der Waals surface area contributed by atoms with Gasteiger partial charge in [-0.2, -0.15) is 13.2 Å². The number of carbonyl (C=O) groups is 1. The maximum Gasteiger partial charge on any atom is 0.416 e. The Morgan fingerprint density at radius 1 is 1.24 bits per heavy atom. The Morgan fingerprint density at radius 3 is 2.38 bits per heavy atom. The zero-order valence-electron chi connectivity index (χ0n) is 11.6. The highest BCUT2D eigenvalue weighted by Crippen LogP contribution is 2.46. The van der Waals surface area contributed by atoms with Crippen LogP contribution in [0.1, 0.15) is 17.5 Å². The number of Topliss-reactive ketones (excluding diaryl/α,β-unsaturated/α-hetero) is 1. The van der Waals surface area contributed by atoms with Crippen molar-refractivity contribution >= 4 is 13.4 Å². The van der Waals surface area contributed by atoms with E-state index in [4.69, 9.17) is 0 Å². The predicted molar refractivity (Wildman–Crippen MR) is 71.3 cm³/mol. The number of hydrogen-bond acceptors (Lipinski definition) is 4. The summed E-state index contributed by atoms with van der Waals surface area (Å²) in [4.78, 5) is 11.7. The van der Waals surface area contributed by atoms with Crippen molar-refractivity contribution in [2.75, 3.05) is 20.4 Å². The van der Waals surface area contributed by atoms with Crippen LogP contribution in [0.4, 0.5) is 13.2 Å². The Hall–Kier alpha value is -1.17. The molecule has 0 aromatic heterocycles. The molecule has 0 aliphatic rings. The molecule has 0 fully saturated rings. The Balaban J connectivity index is 2.64. The van der Waals surface area contributed by atoms with Crippen molar-refractivity contribution in [3.63, 3.8) is 0 Å². The summed E-state index contributed by atoms with van der Waals surface area (Å²) in [6, 6.07) is 4.77. The van der Waals surface area contributed by atoms with Crippen molar-refractivity contribution in [1.82, 2.24) is 0 Å². The number of alkyl halides is 3. The molecule has 118 valence electrons. The summed E-state index contributed by atoms with van der Waals surface area (Å²) < 4.78 is 58.7. The highest BCUT2D eigenvalue weighted by molar-refractivity contribution is 7.54. The Kier molecular flexibility index (Phi) is 6.13. The van der Waals surface area contributed by atoms with Crippen LogP contribution in [0.15, 0.2) is 24.3 Å². The maximum absolute atomic E-state index is 12.5. The monoisotopic (exact) mass is 324 g/mol. The molecule has 0 unspecified atom stereocenters. The van der Waals surface area contributed by atoms with Crippen molar-refractivity contribution in [2.45, 2.75) is 19.0 Å². The average Bonchev–Trinajstić information content (AvgIpc) is 2.44. The van der Waals surface area contributed by atoms with Gasteiger partial charge in [0.05, 0.1) is 5.56 Å². The predicted octanol–water partition coefficient (Wildman–Crippen LogP) is 3.69. The molecule has 0 radical (unpaired) electrons. The van der Waals surface area contributed by atoms with E-state index in [9.17, 15) is 22.5 Å². The molecule has 0 atom stereocenters. The molecule has 21 heavy (non-hydrogen) atoms. The van der Waals surface area contributed by atoms with E-state index in [1.54, 1.807) is 0 Å². The van der Waals surface area contributed by atoms with E-state index in [2.05, 4.69) is 9.05 Å². The van der Waals surface area contributed by atoms with E-state index >= 15 is 0 Å². The summed E-state index contributed by atoms with van der Waals surface area (Å²) in [6.07, 6.45) is -4.70. The highest BCUT2D eigenvalue weighted by Gasteiger charge is 2.30. The summed E-state index contributed by atoms with van der Waals surface area (Å²) >= 11 is 0. The number of ketones is 1. The molecule has 0 aliphatic heterocycles. The lowest BCUT2D eigenvalue weighted by Gasteiger charge is -2.12. The van der Waals surface area contributed by atoms with E-state index in [-0.39, 0.29) is 24.8 Å². The average molecular weight is 324 g/mol. The summed E-state index contributed by atoms with van der Waals surface area (Å²) in [5.41, 5.74) is -0.366. The van der Waals surface area contributed by atoms with Crippen molar-refractivity contribution in [2.24, 2.45) is 0 Å². The molecule has 0 heterocycles.